The number of aliphatic hydroxyl groups excluding tert-OH is 1. The van der Waals surface area contributed by atoms with E-state index in [4.69, 9.17) is 0 Å². The Kier molecular flexibility index (Phi) is 4.29. The molecule has 0 saturated heterocycles. The summed E-state index contributed by atoms with van der Waals surface area (Å²) in [5.74, 6) is 1.41. The van der Waals surface area contributed by atoms with Crippen LogP contribution in [-0.4, -0.2) is 17.0 Å². The number of carbonyl (C=O) groups excluding carboxylic acids is 1. The summed E-state index contributed by atoms with van der Waals surface area (Å²) < 4.78 is 0. The summed E-state index contributed by atoms with van der Waals surface area (Å²) in [6.45, 7) is 14.6. The molecular formula is C28H40O2. The smallest absolute Gasteiger partial charge is 0.185 e. The van der Waals surface area contributed by atoms with Crippen molar-refractivity contribution in [3.8, 4) is 0 Å². The summed E-state index contributed by atoms with van der Waals surface area (Å²) in [4.78, 5) is 12.6. The molecule has 5 aliphatic carbocycles. The van der Waals surface area contributed by atoms with E-state index >= 15 is 0 Å². The maximum Gasteiger partial charge on any atom is 0.185 e. The first-order valence-corrected chi connectivity index (χ1v) is 12.3. The van der Waals surface area contributed by atoms with Gasteiger partial charge >= 0.3 is 0 Å². The molecule has 5 rings (SSSR count). The van der Waals surface area contributed by atoms with Crippen molar-refractivity contribution in [2.75, 3.05) is 0 Å². The molecule has 2 nitrogen and oxygen atoms in total. The first kappa shape index (κ1) is 20.7. The second kappa shape index (κ2) is 6.21. The third-order valence-corrected chi connectivity index (χ3v) is 11.1. The first-order valence-electron chi connectivity index (χ1n) is 12.3. The van der Waals surface area contributed by atoms with Gasteiger partial charge in [0.1, 0.15) is 6.10 Å². The number of hydrogen-bond acceptors (Lipinski definition) is 2. The van der Waals surface area contributed by atoms with E-state index in [0.29, 0.717) is 10.8 Å². The molecule has 0 aromatic carbocycles. The van der Waals surface area contributed by atoms with Crippen LogP contribution in [0.3, 0.4) is 0 Å². The van der Waals surface area contributed by atoms with Gasteiger partial charge in [-0.3, -0.25) is 4.79 Å². The van der Waals surface area contributed by atoms with Crippen molar-refractivity contribution >= 4 is 5.78 Å². The number of aliphatic hydroxyl groups is 1. The van der Waals surface area contributed by atoms with E-state index in [1.165, 1.54) is 49.7 Å². The molecule has 0 heterocycles. The van der Waals surface area contributed by atoms with Crippen LogP contribution in [0.1, 0.15) is 86.5 Å². The molecule has 0 aromatic rings. The number of ketones is 1. The predicted octanol–water partition coefficient (Wildman–Crippen LogP) is 6.41. The van der Waals surface area contributed by atoms with Gasteiger partial charge in [-0.2, -0.15) is 0 Å². The van der Waals surface area contributed by atoms with Crippen LogP contribution < -0.4 is 0 Å². The Balaban J connectivity index is 1.64. The van der Waals surface area contributed by atoms with Crippen LogP contribution >= 0.6 is 0 Å². The largest absolute Gasteiger partial charge is 0.384 e. The molecule has 30 heavy (non-hydrogen) atoms. The van der Waals surface area contributed by atoms with Crippen LogP contribution in [0.5, 0.6) is 0 Å². The van der Waals surface area contributed by atoms with Gasteiger partial charge in [-0.25, -0.2) is 0 Å². The van der Waals surface area contributed by atoms with E-state index in [-0.39, 0.29) is 22.5 Å². The molecular weight excluding hydrogens is 368 g/mol. The van der Waals surface area contributed by atoms with Crippen LogP contribution in [0, 0.1) is 39.4 Å². The van der Waals surface area contributed by atoms with E-state index in [2.05, 4.69) is 46.8 Å². The molecule has 8 atom stereocenters. The average Bonchev–Trinajstić information content (AvgIpc) is 2.70. The summed E-state index contributed by atoms with van der Waals surface area (Å²) in [6.07, 6.45) is 14.7. The highest BCUT2D eigenvalue weighted by Gasteiger charge is 2.65. The summed E-state index contributed by atoms with van der Waals surface area (Å²) >= 11 is 0. The van der Waals surface area contributed by atoms with E-state index < -0.39 is 6.10 Å². The lowest BCUT2D eigenvalue weighted by Crippen LogP contribution is -2.61. The zero-order chi connectivity index (χ0) is 21.7. The van der Waals surface area contributed by atoms with Crippen molar-refractivity contribution in [2.24, 2.45) is 39.4 Å². The highest BCUT2D eigenvalue weighted by atomic mass is 16.3. The Bertz CT molecular complexity index is 892. The number of fused-ring (bicyclic) bond motifs is 7. The zero-order valence-electron chi connectivity index (χ0n) is 19.8. The molecule has 3 fully saturated rings. The molecule has 0 radical (unpaired) electrons. The van der Waals surface area contributed by atoms with Gasteiger partial charge in [-0.15, -0.1) is 0 Å². The summed E-state index contributed by atoms with van der Waals surface area (Å²) in [6, 6.07) is 0. The fourth-order valence-corrected chi connectivity index (χ4v) is 8.75. The highest BCUT2D eigenvalue weighted by molar-refractivity contribution is 5.97. The molecule has 0 aliphatic heterocycles. The maximum absolute atomic E-state index is 12.6. The minimum atomic E-state index is -0.887. The highest BCUT2D eigenvalue weighted by Crippen LogP contribution is 2.74. The fraction of sp³-hybridized carbons (Fsp3) is 0.750. The second-order valence-electron chi connectivity index (χ2n) is 12.6. The molecule has 5 aliphatic rings. The van der Waals surface area contributed by atoms with Crippen molar-refractivity contribution < 1.29 is 9.90 Å². The van der Waals surface area contributed by atoms with Crippen LogP contribution in [0.4, 0.5) is 0 Å². The van der Waals surface area contributed by atoms with Crippen LogP contribution in [0.2, 0.25) is 0 Å². The Hall–Kier alpha value is -1.15. The predicted molar refractivity (Wildman–Crippen MR) is 122 cm³/mol. The molecule has 0 amide bonds. The standard InChI is InChI=1S/C28H40O2/c1-17-9-10-25(3)11-13-27(5)22-8-7-19-18(2)24(30)21(29)16-20(19)26(22,4)12-14-28(27,6)23(25)15-17/h7-8,16-18,23-24,30H,9-15H2,1-6H3/t17-,18?,23+,24?,25?,26-,27?,28-/m0/s1. The summed E-state index contributed by atoms with van der Waals surface area (Å²) in [7, 11) is 0. The number of allylic oxidation sites excluding steroid dienone is 4. The number of rotatable bonds is 0. The van der Waals surface area contributed by atoms with Gasteiger partial charge in [-0.1, -0.05) is 65.7 Å². The quantitative estimate of drug-likeness (QED) is 0.503. The monoisotopic (exact) mass is 408 g/mol. The lowest BCUT2D eigenvalue weighted by Gasteiger charge is -2.69. The van der Waals surface area contributed by atoms with Gasteiger partial charge in [0.25, 0.3) is 0 Å². The van der Waals surface area contributed by atoms with Crippen LogP contribution in [0.15, 0.2) is 34.9 Å². The fourth-order valence-electron chi connectivity index (χ4n) is 8.75. The minimum Gasteiger partial charge on any atom is -0.384 e. The Morgan fingerprint density at radius 2 is 1.70 bits per heavy atom. The van der Waals surface area contributed by atoms with Gasteiger partial charge in [0.05, 0.1) is 0 Å². The van der Waals surface area contributed by atoms with Gasteiger partial charge < -0.3 is 5.11 Å². The van der Waals surface area contributed by atoms with E-state index in [0.717, 1.165) is 18.3 Å². The normalized spacial score (nSPS) is 52.8. The SMILES string of the molecule is CC1C2=CC=C3C4(C)CCC5(C)CC[C@H](C)C[C@H]5[C@]4(C)CC[C@@]3(C)C2=CC(=O)C1O. The summed E-state index contributed by atoms with van der Waals surface area (Å²) in [5, 5.41) is 10.4. The van der Waals surface area contributed by atoms with Crippen molar-refractivity contribution in [1.29, 1.82) is 0 Å². The Morgan fingerprint density at radius 3 is 2.43 bits per heavy atom. The van der Waals surface area contributed by atoms with Crippen molar-refractivity contribution in [2.45, 2.75) is 92.6 Å². The van der Waals surface area contributed by atoms with Crippen molar-refractivity contribution in [3.05, 3.63) is 34.9 Å². The lowest BCUT2D eigenvalue weighted by atomic mass is 9.35. The topological polar surface area (TPSA) is 37.3 Å². The molecule has 0 aromatic heterocycles. The summed E-state index contributed by atoms with van der Waals surface area (Å²) in [5.41, 5.74) is 4.86. The van der Waals surface area contributed by atoms with Gasteiger partial charge in [0.15, 0.2) is 5.78 Å². The molecule has 1 N–H and O–H groups in total. The van der Waals surface area contributed by atoms with Crippen molar-refractivity contribution in [3.63, 3.8) is 0 Å². The average molecular weight is 409 g/mol. The maximum atomic E-state index is 12.6. The second-order valence-corrected chi connectivity index (χ2v) is 12.6. The van der Waals surface area contributed by atoms with Crippen LogP contribution in [-0.2, 0) is 4.79 Å². The van der Waals surface area contributed by atoms with Crippen molar-refractivity contribution in [1.82, 2.24) is 0 Å². The van der Waals surface area contributed by atoms with Gasteiger partial charge in [-0.05, 0) is 83.8 Å². The number of hydrogen-bond donors (Lipinski definition) is 1. The molecule has 0 bridgehead atoms. The molecule has 3 saturated carbocycles. The molecule has 2 heteroatoms. The third-order valence-electron chi connectivity index (χ3n) is 11.1. The van der Waals surface area contributed by atoms with Gasteiger partial charge in [0, 0.05) is 11.3 Å². The third kappa shape index (κ3) is 2.38. The van der Waals surface area contributed by atoms with E-state index in [1.807, 2.05) is 6.92 Å². The van der Waals surface area contributed by atoms with E-state index in [9.17, 15) is 9.90 Å². The van der Waals surface area contributed by atoms with Crippen LogP contribution in [0.25, 0.3) is 0 Å². The minimum absolute atomic E-state index is 0.0730. The van der Waals surface area contributed by atoms with E-state index in [1.54, 1.807) is 11.6 Å². The first-order chi connectivity index (χ1) is 14.0. The zero-order valence-corrected chi connectivity index (χ0v) is 19.8. The Morgan fingerprint density at radius 1 is 0.967 bits per heavy atom. The molecule has 4 unspecified atom stereocenters. The molecule has 164 valence electrons. The Labute approximate surface area is 182 Å². The molecule has 0 spiro atoms. The lowest BCUT2D eigenvalue weighted by molar-refractivity contribution is -0.148. The number of carbonyl (C=O) groups is 1. The van der Waals surface area contributed by atoms with Gasteiger partial charge in [0.2, 0.25) is 0 Å².